The van der Waals surface area contributed by atoms with Gasteiger partial charge in [0.25, 0.3) is 5.91 Å². The van der Waals surface area contributed by atoms with Crippen LogP contribution in [0.4, 0.5) is 14.5 Å². The summed E-state index contributed by atoms with van der Waals surface area (Å²) in [6.45, 7) is 0.315. The number of aromatic nitrogens is 1. The summed E-state index contributed by atoms with van der Waals surface area (Å²) >= 11 is 1.24. The molecule has 0 spiro atoms. The number of halogens is 2. The lowest BCUT2D eigenvalue weighted by Crippen LogP contribution is -2.24. The number of anilines is 1. The summed E-state index contributed by atoms with van der Waals surface area (Å²) in [5, 5.41) is 6.00. The molecule has 0 aliphatic heterocycles. The van der Waals surface area contributed by atoms with Crippen molar-refractivity contribution in [1.82, 2.24) is 10.3 Å². The second kappa shape index (κ2) is 9.79. The van der Waals surface area contributed by atoms with Gasteiger partial charge < -0.3 is 10.6 Å². The molecule has 2 N–H and O–H groups in total. The van der Waals surface area contributed by atoms with Crippen LogP contribution in [0.25, 0.3) is 0 Å². The lowest BCUT2D eigenvalue weighted by molar-refractivity contribution is -0.118. The highest BCUT2D eigenvalue weighted by Crippen LogP contribution is 2.16. The molecule has 3 aromatic rings. The Morgan fingerprint density at radius 2 is 1.55 bits per heavy atom. The Hall–Kier alpha value is -3.26. The summed E-state index contributed by atoms with van der Waals surface area (Å²) in [4.78, 5) is 28.3. The number of rotatable bonds is 7. The molecule has 1 aromatic heterocycles. The van der Waals surface area contributed by atoms with Crippen molar-refractivity contribution < 1.29 is 18.4 Å². The fourth-order valence-electron chi connectivity index (χ4n) is 2.33. The van der Waals surface area contributed by atoms with Gasteiger partial charge in [-0.2, -0.15) is 0 Å². The number of nitrogens with zero attached hydrogens (tertiary/aromatic N) is 1. The molecule has 0 aliphatic carbocycles. The lowest BCUT2D eigenvalue weighted by Gasteiger charge is -2.07. The van der Waals surface area contributed by atoms with Crippen LogP contribution in [0.2, 0.25) is 0 Å². The van der Waals surface area contributed by atoms with Crippen molar-refractivity contribution in [2.24, 2.45) is 0 Å². The molecule has 0 unspecified atom stereocenters. The number of carbonyl (C=O) groups excluding carboxylic acids is 2. The average molecular weight is 413 g/mol. The number of hydrogen-bond acceptors (Lipinski definition) is 4. The van der Waals surface area contributed by atoms with Crippen molar-refractivity contribution in [1.29, 1.82) is 0 Å². The minimum atomic E-state index is -0.382. The van der Waals surface area contributed by atoms with E-state index in [0.717, 1.165) is 5.56 Å². The third kappa shape index (κ3) is 6.39. The largest absolute Gasteiger partial charge is 0.351 e. The van der Waals surface area contributed by atoms with Crippen LogP contribution in [-0.4, -0.2) is 22.6 Å². The molecule has 2 aromatic carbocycles. The summed E-state index contributed by atoms with van der Waals surface area (Å²) in [5.41, 5.74) is 1.63. The van der Waals surface area contributed by atoms with Gasteiger partial charge in [-0.15, -0.1) is 0 Å². The monoisotopic (exact) mass is 413 g/mol. The Morgan fingerprint density at radius 1 is 0.897 bits per heavy atom. The van der Waals surface area contributed by atoms with Crippen LogP contribution in [-0.2, 0) is 11.3 Å². The van der Waals surface area contributed by atoms with Gasteiger partial charge in [0, 0.05) is 18.4 Å². The maximum Gasteiger partial charge on any atom is 0.257 e. The van der Waals surface area contributed by atoms with Crippen LogP contribution in [0.5, 0.6) is 0 Å². The van der Waals surface area contributed by atoms with Gasteiger partial charge in [-0.25, -0.2) is 13.8 Å². The summed E-state index contributed by atoms with van der Waals surface area (Å²) in [6, 6.07) is 14.6. The van der Waals surface area contributed by atoms with Gasteiger partial charge in [-0.1, -0.05) is 23.9 Å². The summed E-state index contributed by atoms with van der Waals surface area (Å²) in [6.07, 6.45) is 1.41. The van der Waals surface area contributed by atoms with Crippen LogP contribution >= 0.6 is 11.8 Å². The van der Waals surface area contributed by atoms with Crippen molar-refractivity contribution in [2.75, 3.05) is 11.1 Å². The van der Waals surface area contributed by atoms with Crippen LogP contribution in [0.1, 0.15) is 15.9 Å². The molecule has 1 heterocycles. The van der Waals surface area contributed by atoms with Crippen molar-refractivity contribution >= 4 is 29.3 Å². The van der Waals surface area contributed by atoms with Crippen LogP contribution in [0.15, 0.2) is 71.9 Å². The quantitative estimate of drug-likeness (QED) is 0.574. The maximum absolute atomic E-state index is 12.9. The summed E-state index contributed by atoms with van der Waals surface area (Å²) < 4.78 is 25.8. The predicted molar refractivity (Wildman–Crippen MR) is 108 cm³/mol. The number of hydrogen-bond donors (Lipinski definition) is 2. The smallest absolute Gasteiger partial charge is 0.257 e. The van der Waals surface area contributed by atoms with E-state index in [1.807, 2.05) is 0 Å². The van der Waals surface area contributed by atoms with Crippen molar-refractivity contribution in [3.63, 3.8) is 0 Å². The molecule has 0 saturated carbocycles. The molecule has 0 bridgehead atoms. The van der Waals surface area contributed by atoms with Crippen LogP contribution in [0.3, 0.4) is 0 Å². The van der Waals surface area contributed by atoms with E-state index < -0.39 is 0 Å². The number of carbonyl (C=O) groups is 2. The lowest BCUT2D eigenvalue weighted by atomic mass is 10.2. The Bertz CT molecular complexity index is 978. The summed E-state index contributed by atoms with van der Waals surface area (Å²) in [7, 11) is 0. The van der Waals surface area contributed by atoms with E-state index in [1.165, 1.54) is 54.4 Å². The average Bonchev–Trinajstić information content (AvgIpc) is 2.74. The van der Waals surface area contributed by atoms with E-state index >= 15 is 0 Å². The Labute approximate surface area is 170 Å². The zero-order chi connectivity index (χ0) is 20.6. The first-order valence-corrected chi connectivity index (χ1v) is 9.65. The molecule has 2 amide bonds. The molecule has 0 atom stereocenters. The standard InChI is InChI=1S/C21H17F2N3O2S/c22-16-4-1-14(2-5-16)11-24-19(27)13-29-20-10-3-15(12-25-20)21(28)26-18-8-6-17(23)7-9-18/h1-10,12H,11,13H2,(H,24,27)(H,26,28). The van der Waals surface area contributed by atoms with Crippen LogP contribution < -0.4 is 10.6 Å². The molecule has 148 valence electrons. The van der Waals surface area contributed by atoms with Crippen molar-refractivity contribution in [3.05, 3.63) is 89.6 Å². The zero-order valence-corrected chi connectivity index (χ0v) is 16.0. The van der Waals surface area contributed by atoms with Gasteiger partial charge in [0.2, 0.25) is 5.91 Å². The highest BCUT2D eigenvalue weighted by atomic mass is 32.2. The van der Waals surface area contributed by atoms with Gasteiger partial charge in [0.15, 0.2) is 0 Å². The van der Waals surface area contributed by atoms with E-state index in [9.17, 15) is 18.4 Å². The van der Waals surface area contributed by atoms with E-state index in [-0.39, 0.29) is 29.2 Å². The number of thioether (sulfide) groups is 1. The molecule has 5 nitrogen and oxygen atoms in total. The second-order valence-corrected chi connectivity index (χ2v) is 7.03. The van der Waals surface area contributed by atoms with Gasteiger partial charge in [0.05, 0.1) is 16.3 Å². The van der Waals surface area contributed by atoms with Gasteiger partial charge >= 0.3 is 0 Å². The summed E-state index contributed by atoms with van der Waals surface area (Å²) in [5.74, 6) is -1.09. The molecular formula is C21H17F2N3O2S. The molecular weight excluding hydrogens is 396 g/mol. The van der Waals surface area contributed by atoms with E-state index in [1.54, 1.807) is 24.3 Å². The Balaban J connectivity index is 1.45. The second-order valence-electron chi connectivity index (χ2n) is 6.04. The SMILES string of the molecule is O=C(CSc1ccc(C(=O)Nc2ccc(F)cc2)cn1)NCc1ccc(F)cc1. The topological polar surface area (TPSA) is 71.1 Å². The maximum atomic E-state index is 12.9. The van der Waals surface area contributed by atoms with E-state index in [2.05, 4.69) is 15.6 Å². The molecule has 0 aliphatic rings. The first-order chi connectivity index (χ1) is 14.0. The minimum Gasteiger partial charge on any atom is -0.351 e. The fourth-order valence-corrected chi connectivity index (χ4v) is 3.00. The van der Waals surface area contributed by atoms with E-state index in [4.69, 9.17) is 0 Å². The Morgan fingerprint density at radius 3 is 2.17 bits per heavy atom. The molecule has 0 fully saturated rings. The highest BCUT2D eigenvalue weighted by molar-refractivity contribution is 7.99. The molecule has 8 heteroatoms. The number of benzene rings is 2. The van der Waals surface area contributed by atoms with Crippen LogP contribution in [0, 0.1) is 11.6 Å². The third-order valence-electron chi connectivity index (χ3n) is 3.85. The van der Waals surface area contributed by atoms with Crippen molar-refractivity contribution in [3.8, 4) is 0 Å². The van der Waals surface area contributed by atoms with Crippen molar-refractivity contribution in [2.45, 2.75) is 11.6 Å². The molecule has 29 heavy (non-hydrogen) atoms. The first-order valence-electron chi connectivity index (χ1n) is 8.66. The van der Waals surface area contributed by atoms with E-state index in [0.29, 0.717) is 22.8 Å². The molecule has 0 saturated heterocycles. The number of pyridine rings is 1. The zero-order valence-electron chi connectivity index (χ0n) is 15.2. The van der Waals surface area contributed by atoms with Gasteiger partial charge in [-0.05, 0) is 54.1 Å². The molecule has 0 radical (unpaired) electrons. The number of nitrogens with one attached hydrogen (secondary N) is 2. The minimum absolute atomic E-state index is 0.162. The van der Waals surface area contributed by atoms with Gasteiger partial charge in [0.1, 0.15) is 11.6 Å². The highest BCUT2D eigenvalue weighted by Gasteiger charge is 2.09. The third-order valence-corrected chi connectivity index (χ3v) is 4.80. The predicted octanol–water partition coefficient (Wildman–Crippen LogP) is 4.02. The first kappa shape index (κ1) is 20.5. The normalized spacial score (nSPS) is 10.4. The number of amides is 2. The fraction of sp³-hybridized carbons (Fsp3) is 0.0952. The Kier molecular flexibility index (Phi) is 6.91. The molecule has 3 rings (SSSR count). The van der Waals surface area contributed by atoms with Gasteiger partial charge in [-0.3, -0.25) is 9.59 Å².